The topological polar surface area (TPSA) is 69.4 Å². The third kappa shape index (κ3) is 5.31. The first-order valence-electron chi connectivity index (χ1n) is 13.6. The average Bonchev–Trinajstić information content (AvgIpc) is 3.08. The number of hydrogen-bond donors (Lipinski definition) is 0. The number of hydrogen-bond acceptors (Lipinski definition) is 5. The summed E-state index contributed by atoms with van der Waals surface area (Å²) >= 11 is 0. The Hall–Kier alpha value is -2.25. The van der Waals surface area contributed by atoms with Crippen LogP contribution in [0.5, 0.6) is 0 Å². The minimum absolute atomic E-state index is 0.166. The highest BCUT2D eigenvalue weighted by Gasteiger charge is 2.40. The van der Waals surface area contributed by atoms with Crippen molar-refractivity contribution in [2.45, 2.75) is 115 Å². The lowest BCUT2D eigenvalue weighted by molar-refractivity contribution is -0.0287. The standard InChI is InChI=1S/C28H40N4O3/c1-20-9-6-7-10-22(20)19-35-26-17-24-13-14-25(18-26)30(24)15-8-16-31-27(33)29-21(2)32(28(31)34)23-11-4-3-5-12-23/h6-7,9-10,23-26H,3-5,8,11-19H2,1-2H3. The predicted octanol–water partition coefficient (Wildman–Crippen LogP) is 4.13. The molecule has 190 valence electrons. The fourth-order valence-electron chi connectivity index (χ4n) is 6.67. The monoisotopic (exact) mass is 480 g/mol. The summed E-state index contributed by atoms with van der Waals surface area (Å²) < 4.78 is 9.51. The number of fused-ring (bicyclic) bond motifs is 2. The minimum atomic E-state index is -0.397. The van der Waals surface area contributed by atoms with Crippen molar-refractivity contribution < 1.29 is 4.74 Å². The zero-order chi connectivity index (χ0) is 24.4. The van der Waals surface area contributed by atoms with E-state index >= 15 is 0 Å². The van der Waals surface area contributed by atoms with Crippen molar-refractivity contribution in [3.05, 3.63) is 62.2 Å². The summed E-state index contributed by atoms with van der Waals surface area (Å²) in [5.41, 5.74) is 2.00. The number of aromatic nitrogens is 3. The normalized spacial score (nSPS) is 25.3. The van der Waals surface area contributed by atoms with Gasteiger partial charge in [0.1, 0.15) is 5.82 Å². The van der Waals surface area contributed by atoms with Gasteiger partial charge >= 0.3 is 11.4 Å². The Labute approximate surface area is 208 Å². The van der Waals surface area contributed by atoms with Crippen molar-refractivity contribution in [2.75, 3.05) is 6.54 Å². The number of rotatable bonds is 8. The first-order valence-corrected chi connectivity index (χ1v) is 13.6. The average molecular weight is 481 g/mol. The SMILES string of the molecule is Cc1ccccc1COC1CC2CCC(C1)N2CCCn1c(=O)nc(C)n(C2CCCCC2)c1=O. The van der Waals surface area contributed by atoms with Crippen LogP contribution in [0.2, 0.25) is 0 Å². The van der Waals surface area contributed by atoms with Gasteiger partial charge in [0, 0.05) is 31.2 Å². The van der Waals surface area contributed by atoms with Gasteiger partial charge in [-0.15, -0.1) is 0 Å². The minimum Gasteiger partial charge on any atom is -0.373 e. The van der Waals surface area contributed by atoms with E-state index in [9.17, 15) is 9.59 Å². The van der Waals surface area contributed by atoms with Gasteiger partial charge in [0.25, 0.3) is 0 Å². The number of nitrogens with zero attached hydrogens (tertiary/aromatic N) is 4. The van der Waals surface area contributed by atoms with E-state index in [1.165, 1.54) is 35.0 Å². The number of benzene rings is 1. The van der Waals surface area contributed by atoms with Gasteiger partial charge in [-0.05, 0) is 69.9 Å². The van der Waals surface area contributed by atoms with Crippen LogP contribution in [0.3, 0.4) is 0 Å². The van der Waals surface area contributed by atoms with Gasteiger partial charge in [-0.1, -0.05) is 43.5 Å². The molecule has 0 N–H and O–H groups in total. The lowest BCUT2D eigenvalue weighted by Crippen LogP contribution is -2.47. The first-order chi connectivity index (χ1) is 17.0. The van der Waals surface area contributed by atoms with Gasteiger partial charge in [0.2, 0.25) is 0 Å². The van der Waals surface area contributed by atoms with E-state index in [1.54, 1.807) is 11.5 Å². The Morgan fingerprint density at radius 3 is 2.34 bits per heavy atom. The van der Waals surface area contributed by atoms with E-state index in [0.717, 1.165) is 51.5 Å². The molecular weight excluding hydrogens is 440 g/mol. The Morgan fingerprint density at radius 2 is 1.63 bits per heavy atom. The molecule has 0 amide bonds. The first kappa shape index (κ1) is 24.4. The van der Waals surface area contributed by atoms with Gasteiger partial charge in [0.15, 0.2) is 0 Å². The van der Waals surface area contributed by atoms with Crippen LogP contribution < -0.4 is 11.4 Å². The summed E-state index contributed by atoms with van der Waals surface area (Å²) in [5, 5.41) is 0. The smallest absolute Gasteiger partial charge is 0.353 e. The molecule has 2 bridgehead atoms. The molecule has 0 spiro atoms. The van der Waals surface area contributed by atoms with Crippen molar-refractivity contribution in [3.8, 4) is 0 Å². The van der Waals surface area contributed by atoms with Crippen LogP contribution in [0.25, 0.3) is 0 Å². The summed E-state index contributed by atoms with van der Waals surface area (Å²) in [5.74, 6) is 0.564. The summed E-state index contributed by atoms with van der Waals surface area (Å²) in [6.07, 6.45) is 11.2. The van der Waals surface area contributed by atoms with Gasteiger partial charge in [-0.25, -0.2) is 14.2 Å². The van der Waals surface area contributed by atoms with Crippen LogP contribution in [0.4, 0.5) is 0 Å². The third-order valence-corrected chi connectivity index (χ3v) is 8.59. The molecule has 5 rings (SSSR count). The third-order valence-electron chi connectivity index (χ3n) is 8.59. The van der Waals surface area contributed by atoms with Crippen LogP contribution in [0, 0.1) is 13.8 Å². The molecule has 2 aromatic rings. The lowest BCUT2D eigenvalue weighted by atomic mass is 9.95. The molecule has 7 heteroatoms. The Kier molecular flexibility index (Phi) is 7.54. The molecule has 1 aromatic heterocycles. The zero-order valence-corrected chi connectivity index (χ0v) is 21.3. The molecule has 1 aliphatic carbocycles. The molecule has 7 nitrogen and oxygen atoms in total. The maximum atomic E-state index is 13.2. The highest BCUT2D eigenvalue weighted by molar-refractivity contribution is 5.24. The van der Waals surface area contributed by atoms with Crippen LogP contribution >= 0.6 is 0 Å². The van der Waals surface area contributed by atoms with Crippen LogP contribution in [0.1, 0.15) is 87.2 Å². The van der Waals surface area contributed by atoms with Crippen molar-refractivity contribution in [1.82, 2.24) is 19.0 Å². The van der Waals surface area contributed by atoms with E-state index in [4.69, 9.17) is 4.74 Å². The van der Waals surface area contributed by atoms with E-state index in [-0.39, 0.29) is 11.7 Å². The Bertz CT molecular complexity index is 1120. The second-order valence-electron chi connectivity index (χ2n) is 10.8. The molecule has 2 atom stereocenters. The summed E-state index contributed by atoms with van der Waals surface area (Å²) in [7, 11) is 0. The molecule has 1 aromatic carbocycles. The fourth-order valence-corrected chi connectivity index (χ4v) is 6.67. The van der Waals surface area contributed by atoms with E-state index < -0.39 is 5.69 Å². The Morgan fingerprint density at radius 1 is 0.914 bits per heavy atom. The fraction of sp³-hybridized carbons (Fsp3) is 0.679. The van der Waals surface area contributed by atoms with E-state index in [2.05, 4.69) is 41.1 Å². The van der Waals surface area contributed by atoms with Crippen LogP contribution in [-0.4, -0.2) is 43.8 Å². The highest BCUT2D eigenvalue weighted by atomic mass is 16.5. The second-order valence-corrected chi connectivity index (χ2v) is 10.8. The van der Waals surface area contributed by atoms with Crippen LogP contribution in [0.15, 0.2) is 33.9 Å². The molecule has 0 radical (unpaired) electrons. The molecule has 2 aliphatic heterocycles. The maximum Gasteiger partial charge on any atom is 0.353 e. The predicted molar refractivity (Wildman–Crippen MR) is 137 cm³/mol. The van der Waals surface area contributed by atoms with Crippen molar-refractivity contribution >= 4 is 0 Å². The summed E-state index contributed by atoms with van der Waals surface area (Å²) in [6, 6.07) is 9.72. The molecule has 2 saturated heterocycles. The van der Waals surface area contributed by atoms with E-state index in [1.807, 2.05) is 0 Å². The van der Waals surface area contributed by atoms with Crippen molar-refractivity contribution in [1.29, 1.82) is 0 Å². The molecule has 3 aliphatic rings. The maximum absolute atomic E-state index is 13.2. The highest BCUT2D eigenvalue weighted by Crippen LogP contribution is 2.37. The zero-order valence-electron chi connectivity index (χ0n) is 21.3. The van der Waals surface area contributed by atoms with Gasteiger partial charge in [0.05, 0.1) is 12.7 Å². The molecule has 1 saturated carbocycles. The molecule has 2 unspecified atom stereocenters. The van der Waals surface area contributed by atoms with Crippen LogP contribution in [-0.2, 0) is 17.9 Å². The summed E-state index contributed by atoms with van der Waals surface area (Å²) in [4.78, 5) is 32.7. The quantitative estimate of drug-likeness (QED) is 0.568. The largest absolute Gasteiger partial charge is 0.373 e. The van der Waals surface area contributed by atoms with E-state index in [0.29, 0.717) is 37.2 Å². The summed E-state index contributed by atoms with van der Waals surface area (Å²) in [6.45, 7) is 5.99. The molecule has 3 fully saturated rings. The van der Waals surface area contributed by atoms with Gasteiger partial charge < -0.3 is 4.74 Å². The number of piperidine rings is 1. The molecule has 3 heterocycles. The van der Waals surface area contributed by atoms with Crippen molar-refractivity contribution in [2.24, 2.45) is 0 Å². The van der Waals surface area contributed by atoms with Crippen molar-refractivity contribution in [3.63, 3.8) is 0 Å². The second kappa shape index (κ2) is 10.8. The van der Waals surface area contributed by atoms with Gasteiger partial charge in [-0.3, -0.25) is 9.47 Å². The van der Waals surface area contributed by atoms with Gasteiger partial charge in [-0.2, -0.15) is 4.98 Å². The number of aryl methyl sites for hydroxylation is 2. The lowest BCUT2D eigenvalue weighted by Gasteiger charge is -2.39. The number of ether oxygens (including phenoxy) is 1. The Balaban J connectivity index is 1.17. The molecule has 35 heavy (non-hydrogen) atoms. The molecular formula is C28H40N4O3.